The predicted octanol–water partition coefficient (Wildman–Crippen LogP) is 6.27. The molecule has 0 bridgehead atoms. The Morgan fingerprint density at radius 2 is 1.35 bits per heavy atom. The van der Waals surface area contributed by atoms with E-state index in [-0.39, 0.29) is 4.90 Å². The molecule has 0 aliphatic rings. The Labute approximate surface area is 195 Å². The summed E-state index contributed by atoms with van der Waals surface area (Å²) in [6.45, 7) is 0. The van der Waals surface area contributed by atoms with Crippen molar-refractivity contribution in [2.75, 3.05) is 0 Å². The van der Waals surface area contributed by atoms with E-state index in [1.807, 2.05) is 83.4 Å². The normalized spacial score (nSPS) is 12.4. The van der Waals surface area contributed by atoms with E-state index < -0.39 is 21.8 Å². The number of hydrogen-bond acceptors (Lipinski definition) is 2. The summed E-state index contributed by atoms with van der Waals surface area (Å²) in [5.74, 6) is 0. The van der Waals surface area contributed by atoms with Gasteiger partial charge in [0.1, 0.15) is 10.0 Å². The van der Waals surface area contributed by atoms with Gasteiger partial charge in [-0.25, -0.2) is 8.42 Å². The molecule has 0 saturated carbocycles. The zero-order chi connectivity index (χ0) is 24.2. The number of benzene rings is 3. The fourth-order valence-corrected chi connectivity index (χ4v) is 4.22. The maximum Gasteiger partial charge on any atom is 0.416 e. The lowest BCUT2D eigenvalue weighted by molar-refractivity contribution is -0.567. The molecule has 4 aromatic rings. The molecule has 0 saturated heterocycles. The van der Waals surface area contributed by atoms with E-state index in [0.29, 0.717) is 11.3 Å². The van der Waals surface area contributed by atoms with E-state index in [0.717, 1.165) is 35.5 Å². The van der Waals surface area contributed by atoms with Crippen molar-refractivity contribution in [3.63, 3.8) is 0 Å². The summed E-state index contributed by atoms with van der Waals surface area (Å²) in [5.41, 5.74) is 1.98. The van der Waals surface area contributed by atoms with Crippen LogP contribution in [0.4, 0.5) is 13.2 Å². The van der Waals surface area contributed by atoms with Crippen molar-refractivity contribution in [3.05, 3.63) is 131 Å². The first-order valence-corrected chi connectivity index (χ1v) is 11.7. The third kappa shape index (κ3) is 5.18. The molecule has 0 spiro atoms. The second-order valence-corrected chi connectivity index (χ2v) is 8.94. The van der Waals surface area contributed by atoms with Crippen LogP contribution in [0.2, 0.25) is 0 Å². The van der Waals surface area contributed by atoms with Crippen LogP contribution in [-0.4, -0.2) is 8.42 Å². The second kappa shape index (κ2) is 9.52. The minimum Gasteiger partial charge on any atom is -0.574 e. The molecule has 34 heavy (non-hydrogen) atoms. The Hall–Kier alpha value is -3.91. The summed E-state index contributed by atoms with van der Waals surface area (Å²) >= 11 is 0. The summed E-state index contributed by atoms with van der Waals surface area (Å²) in [6, 6.07) is 27.5. The molecule has 4 nitrogen and oxygen atoms in total. The number of aromatic nitrogens is 1. The van der Waals surface area contributed by atoms with Crippen LogP contribution in [0, 0.1) is 0 Å². The van der Waals surface area contributed by atoms with Crippen molar-refractivity contribution < 1.29 is 26.2 Å². The summed E-state index contributed by atoms with van der Waals surface area (Å²) in [5, 5.41) is 0. The van der Waals surface area contributed by atoms with E-state index in [4.69, 9.17) is 0 Å². The Kier molecular flexibility index (Phi) is 6.51. The lowest BCUT2D eigenvalue weighted by atomic mass is 10.1. The van der Waals surface area contributed by atoms with Gasteiger partial charge >= 0.3 is 6.18 Å². The molecule has 0 unspecified atom stereocenters. The first-order chi connectivity index (χ1) is 16.3. The first kappa shape index (κ1) is 23.3. The quantitative estimate of drug-likeness (QED) is 0.306. The maximum absolute atomic E-state index is 12.8. The Morgan fingerprint density at radius 3 is 1.97 bits per heavy atom. The van der Waals surface area contributed by atoms with Gasteiger partial charge in [-0.1, -0.05) is 42.6 Å². The molecule has 8 heteroatoms. The van der Waals surface area contributed by atoms with Crippen LogP contribution < -0.4 is 4.57 Å². The molecule has 0 radical (unpaired) electrons. The molecule has 1 heterocycles. The van der Waals surface area contributed by atoms with Crippen LogP contribution in [0.15, 0.2) is 120 Å². The standard InChI is InChI=1S/C26H19F3N2O2S/c27-26(28,29)22-14-16-23(17-15-22)34(32,33)30-19-25(21-11-5-2-6-12-21)31-18-8-7-13-24(31)20-9-3-1-4-10-20/h1-19H/b25-19-. The van der Waals surface area contributed by atoms with Gasteiger partial charge in [0.2, 0.25) is 5.69 Å². The summed E-state index contributed by atoms with van der Waals surface area (Å²) in [7, 11) is -4.24. The van der Waals surface area contributed by atoms with Crippen molar-refractivity contribution >= 4 is 15.7 Å². The monoisotopic (exact) mass is 480 g/mol. The van der Waals surface area contributed by atoms with Crippen LogP contribution in [0.1, 0.15) is 11.1 Å². The molecule has 0 amide bonds. The Bertz CT molecular complexity index is 1400. The molecular formula is C26H19F3N2O2S. The highest BCUT2D eigenvalue weighted by Gasteiger charge is 2.30. The highest BCUT2D eigenvalue weighted by molar-refractivity contribution is 7.94. The van der Waals surface area contributed by atoms with Crippen molar-refractivity contribution in [1.29, 1.82) is 0 Å². The number of halogens is 3. The summed E-state index contributed by atoms with van der Waals surface area (Å²) < 4.78 is 69.8. The maximum atomic E-state index is 12.8. The molecule has 0 aliphatic carbocycles. The SMILES string of the molecule is O=S(=O)([N-]/C=C(/c1ccccc1)[n+]1ccccc1-c1ccccc1)c1ccc(C(F)(F)F)cc1. The molecule has 0 N–H and O–H groups in total. The highest BCUT2D eigenvalue weighted by Crippen LogP contribution is 2.31. The average molecular weight is 481 g/mol. The zero-order valence-corrected chi connectivity index (χ0v) is 18.5. The number of pyridine rings is 1. The molecule has 0 fully saturated rings. The van der Waals surface area contributed by atoms with Crippen molar-refractivity contribution in [3.8, 4) is 11.3 Å². The second-order valence-electron chi connectivity index (χ2n) is 7.30. The van der Waals surface area contributed by atoms with Crippen LogP contribution in [-0.2, 0) is 16.2 Å². The molecular weight excluding hydrogens is 461 g/mol. The van der Waals surface area contributed by atoms with Crippen molar-refractivity contribution in [2.45, 2.75) is 11.1 Å². The van der Waals surface area contributed by atoms with Gasteiger partial charge in [-0.3, -0.25) is 0 Å². The zero-order valence-electron chi connectivity index (χ0n) is 17.7. The van der Waals surface area contributed by atoms with E-state index in [9.17, 15) is 21.6 Å². The van der Waals surface area contributed by atoms with Gasteiger partial charge in [0.15, 0.2) is 11.9 Å². The number of nitrogens with zero attached hydrogens (tertiary/aromatic N) is 2. The van der Waals surface area contributed by atoms with Gasteiger partial charge in [0.05, 0.1) is 10.5 Å². The van der Waals surface area contributed by atoms with Gasteiger partial charge in [0.25, 0.3) is 0 Å². The molecule has 172 valence electrons. The van der Waals surface area contributed by atoms with Crippen LogP contribution >= 0.6 is 0 Å². The lowest BCUT2D eigenvalue weighted by Gasteiger charge is -2.18. The topological polar surface area (TPSA) is 52.1 Å². The van der Waals surface area contributed by atoms with Crippen LogP contribution in [0.5, 0.6) is 0 Å². The van der Waals surface area contributed by atoms with Crippen molar-refractivity contribution in [1.82, 2.24) is 0 Å². The number of sulfonamides is 1. The van der Waals surface area contributed by atoms with Gasteiger partial charge in [-0.2, -0.15) is 17.7 Å². The van der Waals surface area contributed by atoms with Gasteiger partial charge in [-0.05, 0) is 54.6 Å². The van der Waals surface area contributed by atoms with Crippen molar-refractivity contribution in [2.24, 2.45) is 0 Å². The fraction of sp³-hybridized carbons (Fsp3) is 0.0385. The molecule has 0 aliphatic heterocycles. The Balaban J connectivity index is 1.76. The molecule has 1 aromatic heterocycles. The minimum atomic E-state index is -4.56. The third-order valence-corrected chi connectivity index (χ3v) is 6.30. The highest BCUT2D eigenvalue weighted by atomic mass is 32.2. The largest absolute Gasteiger partial charge is 0.574 e. The Morgan fingerprint density at radius 1 is 0.765 bits per heavy atom. The van der Waals surface area contributed by atoms with E-state index in [1.54, 1.807) is 6.20 Å². The van der Waals surface area contributed by atoms with Gasteiger partial charge in [-0.15, -0.1) is 0 Å². The van der Waals surface area contributed by atoms with E-state index in [1.165, 1.54) is 6.20 Å². The molecule has 0 atom stereocenters. The van der Waals surface area contributed by atoms with Gasteiger partial charge in [0, 0.05) is 23.3 Å². The first-order valence-electron chi connectivity index (χ1n) is 10.2. The van der Waals surface area contributed by atoms with Crippen LogP contribution in [0.25, 0.3) is 21.7 Å². The number of rotatable bonds is 6. The number of alkyl halides is 3. The van der Waals surface area contributed by atoms with E-state index >= 15 is 0 Å². The van der Waals surface area contributed by atoms with Crippen LogP contribution in [0.3, 0.4) is 0 Å². The predicted molar refractivity (Wildman–Crippen MR) is 124 cm³/mol. The number of hydrogen-bond donors (Lipinski definition) is 0. The molecule has 4 rings (SSSR count). The smallest absolute Gasteiger partial charge is 0.416 e. The minimum absolute atomic E-state index is 0.328. The van der Waals surface area contributed by atoms with E-state index in [2.05, 4.69) is 4.72 Å². The molecule has 3 aromatic carbocycles. The lowest BCUT2D eigenvalue weighted by Crippen LogP contribution is -2.35. The van der Waals surface area contributed by atoms with Gasteiger partial charge < -0.3 is 4.72 Å². The summed E-state index contributed by atoms with van der Waals surface area (Å²) in [6.07, 6.45) is -1.55. The average Bonchev–Trinajstić information content (AvgIpc) is 2.85. The third-order valence-electron chi connectivity index (χ3n) is 5.05. The summed E-state index contributed by atoms with van der Waals surface area (Å²) in [4.78, 5) is -0.328. The fourth-order valence-electron chi connectivity index (χ4n) is 3.38.